The topological polar surface area (TPSA) is 85.9 Å². The summed E-state index contributed by atoms with van der Waals surface area (Å²) in [6.07, 6.45) is 3.07. The lowest BCUT2D eigenvalue weighted by atomic mass is 10.2. The molecule has 0 saturated carbocycles. The van der Waals surface area contributed by atoms with E-state index >= 15 is 0 Å². The third-order valence-corrected chi connectivity index (χ3v) is 2.87. The summed E-state index contributed by atoms with van der Waals surface area (Å²) in [4.78, 5) is 11.9. The van der Waals surface area contributed by atoms with E-state index in [2.05, 4.69) is 5.32 Å². The minimum atomic E-state index is -0.287. The number of nitriles is 2. The largest absolute Gasteiger partial charge is 0.479 e. The minimum Gasteiger partial charge on any atom is -0.479 e. The average Bonchev–Trinajstić information content (AvgIpc) is 2.59. The maximum Gasteiger partial charge on any atom is 0.248 e. The first-order valence-corrected chi connectivity index (χ1v) is 6.80. The molecule has 112 valence electrons. The van der Waals surface area contributed by atoms with Gasteiger partial charge in [-0.2, -0.15) is 10.5 Å². The van der Waals surface area contributed by atoms with Crippen LogP contribution in [0.3, 0.4) is 0 Å². The third kappa shape index (κ3) is 5.04. The minimum absolute atomic E-state index is 0.000642. The highest BCUT2D eigenvalue weighted by atomic mass is 16.5. The van der Waals surface area contributed by atoms with E-state index < -0.39 is 0 Å². The molecule has 1 amide bonds. The van der Waals surface area contributed by atoms with Crippen molar-refractivity contribution in [2.45, 2.75) is 0 Å². The van der Waals surface area contributed by atoms with Crippen molar-refractivity contribution in [2.75, 3.05) is 11.9 Å². The number of amides is 1. The molecule has 0 saturated heterocycles. The summed E-state index contributed by atoms with van der Waals surface area (Å²) in [5.41, 5.74) is 1.88. The van der Waals surface area contributed by atoms with Crippen molar-refractivity contribution in [1.29, 1.82) is 10.5 Å². The fourth-order valence-electron chi connectivity index (χ4n) is 1.81. The van der Waals surface area contributed by atoms with E-state index in [-0.39, 0.29) is 12.5 Å². The number of carbonyl (C=O) groups is 1. The number of ether oxygens (including phenoxy) is 1. The van der Waals surface area contributed by atoms with Crippen LogP contribution < -0.4 is 10.1 Å². The lowest BCUT2D eigenvalue weighted by Crippen LogP contribution is -2.07. The monoisotopic (exact) mass is 303 g/mol. The standard InChI is InChI=1S/C18H13N3O2/c19-10-11-23-17-7-4-14(5-8-17)6-9-18(22)21-16-3-1-2-15(12-16)13-20/h1-9,12H,11H2,(H,21,22)/b9-6+. The zero-order valence-electron chi connectivity index (χ0n) is 12.2. The van der Waals surface area contributed by atoms with Crippen molar-refractivity contribution in [3.05, 3.63) is 65.7 Å². The zero-order valence-corrected chi connectivity index (χ0v) is 12.2. The number of benzene rings is 2. The molecule has 0 aliphatic heterocycles. The summed E-state index contributed by atoms with van der Waals surface area (Å²) in [6.45, 7) is -0.000642. The summed E-state index contributed by atoms with van der Waals surface area (Å²) in [5, 5.41) is 19.9. The van der Waals surface area contributed by atoms with E-state index in [1.807, 2.05) is 12.1 Å². The quantitative estimate of drug-likeness (QED) is 0.860. The molecular weight excluding hydrogens is 290 g/mol. The summed E-state index contributed by atoms with van der Waals surface area (Å²) in [5.74, 6) is 0.311. The molecule has 5 heteroatoms. The Balaban J connectivity index is 1.95. The number of carbonyl (C=O) groups excluding carboxylic acids is 1. The molecule has 23 heavy (non-hydrogen) atoms. The van der Waals surface area contributed by atoms with Crippen LogP contribution in [0.4, 0.5) is 5.69 Å². The molecule has 5 nitrogen and oxygen atoms in total. The number of hydrogen-bond donors (Lipinski definition) is 1. The van der Waals surface area contributed by atoms with Crippen LogP contribution in [-0.2, 0) is 4.79 Å². The molecule has 2 rings (SSSR count). The summed E-state index contributed by atoms with van der Waals surface area (Å²) >= 11 is 0. The highest BCUT2D eigenvalue weighted by molar-refractivity contribution is 6.02. The maximum atomic E-state index is 11.9. The molecule has 0 aliphatic carbocycles. The van der Waals surface area contributed by atoms with Crippen LogP contribution in [-0.4, -0.2) is 12.5 Å². The van der Waals surface area contributed by atoms with E-state index in [4.69, 9.17) is 15.3 Å². The molecule has 0 unspecified atom stereocenters. The van der Waals surface area contributed by atoms with Gasteiger partial charge in [0.25, 0.3) is 0 Å². The Morgan fingerprint density at radius 1 is 1.17 bits per heavy atom. The second-order valence-electron chi connectivity index (χ2n) is 4.53. The van der Waals surface area contributed by atoms with Gasteiger partial charge in [-0.1, -0.05) is 18.2 Å². The second-order valence-corrected chi connectivity index (χ2v) is 4.53. The summed E-state index contributed by atoms with van der Waals surface area (Å²) in [6, 6.07) is 17.6. The van der Waals surface area contributed by atoms with E-state index in [1.165, 1.54) is 6.08 Å². The van der Waals surface area contributed by atoms with Crippen LogP contribution in [0.1, 0.15) is 11.1 Å². The highest BCUT2D eigenvalue weighted by Crippen LogP contribution is 2.13. The first-order valence-electron chi connectivity index (χ1n) is 6.80. The highest BCUT2D eigenvalue weighted by Gasteiger charge is 1.99. The van der Waals surface area contributed by atoms with E-state index in [1.54, 1.807) is 54.6 Å². The summed E-state index contributed by atoms with van der Waals surface area (Å²) in [7, 11) is 0. The van der Waals surface area contributed by atoms with Gasteiger partial charge in [0.15, 0.2) is 6.61 Å². The Hall–Kier alpha value is -3.57. The Morgan fingerprint density at radius 3 is 2.65 bits per heavy atom. The number of hydrogen-bond acceptors (Lipinski definition) is 4. The first-order chi connectivity index (χ1) is 11.2. The Labute approximate surface area is 134 Å². The predicted octanol–water partition coefficient (Wildman–Crippen LogP) is 3.11. The zero-order chi connectivity index (χ0) is 16.5. The second kappa shape index (κ2) is 8.02. The van der Waals surface area contributed by atoms with Gasteiger partial charge in [0.2, 0.25) is 5.91 Å². The van der Waals surface area contributed by atoms with Crippen molar-refractivity contribution in [3.8, 4) is 17.9 Å². The Bertz CT molecular complexity index is 796. The van der Waals surface area contributed by atoms with Crippen molar-refractivity contribution >= 4 is 17.7 Å². The predicted molar refractivity (Wildman–Crippen MR) is 86.4 cm³/mol. The third-order valence-electron chi connectivity index (χ3n) is 2.87. The number of rotatable bonds is 5. The van der Waals surface area contributed by atoms with Crippen LogP contribution in [0.2, 0.25) is 0 Å². The van der Waals surface area contributed by atoms with Gasteiger partial charge in [-0.3, -0.25) is 4.79 Å². The van der Waals surface area contributed by atoms with Gasteiger partial charge >= 0.3 is 0 Å². The molecule has 2 aromatic carbocycles. The fraction of sp³-hybridized carbons (Fsp3) is 0.0556. The van der Waals surface area contributed by atoms with Crippen LogP contribution in [0.5, 0.6) is 5.75 Å². The van der Waals surface area contributed by atoms with Crippen molar-refractivity contribution in [2.24, 2.45) is 0 Å². The molecule has 0 radical (unpaired) electrons. The van der Waals surface area contributed by atoms with Crippen LogP contribution >= 0.6 is 0 Å². The molecule has 0 aromatic heterocycles. The van der Waals surface area contributed by atoms with E-state index in [9.17, 15) is 4.79 Å². The smallest absolute Gasteiger partial charge is 0.248 e. The molecule has 0 spiro atoms. The van der Waals surface area contributed by atoms with Gasteiger partial charge < -0.3 is 10.1 Å². The van der Waals surface area contributed by atoms with Crippen LogP contribution in [0.25, 0.3) is 6.08 Å². The molecule has 1 N–H and O–H groups in total. The lowest BCUT2D eigenvalue weighted by molar-refractivity contribution is -0.111. The molecule has 0 atom stereocenters. The lowest BCUT2D eigenvalue weighted by Gasteiger charge is -2.02. The van der Waals surface area contributed by atoms with Crippen molar-refractivity contribution in [1.82, 2.24) is 0 Å². The van der Waals surface area contributed by atoms with Crippen LogP contribution in [0.15, 0.2) is 54.6 Å². The summed E-state index contributed by atoms with van der Waals surface area (Å²) < 4.78 is 5.15. The Morgan fingerprint density at radius 2 is 1.96 bits per heavy atom. The van der Waals surface area contributed by atoms with Gasteiger partial charge in [0.05, 0.1) is 11.6 Å². The number of nitrogens with one attached hydrogen (secondary N) is 1. The van der Waals surface area contributed by atoms with Gasteiger partial charge in [0, 0.05) is 11.8 Å². The molecule has 0 heterocycles. The molecule has 0 fully saturated rings. The first kappa shape index (κ1) is 15.8. The number of nitrogens with zero attached hydrogens (tertiary/aromatic N) is 2. The van der Waals surface area contributed by atoms with Gasteiger partial charge in [0.1, 0.15) is 11.8 Å². The van der Waals surface area contributed by atoms with Crippen molar-refractivity contribution in [3.63, 3.8) is 0 Å². The fourth-order valence-corrected chi connectivity index (χ4v) is 1.81. The number of anilines is 1. The average molecular weight is 303 g/mol. The normalized spacial score (nSPS) is 9.83. The van der Waals surface area contributed by atoms with E-state index in [0.29, 0.717) is 17.0 Å². The van der Waals surface area contributed by atoms with Gasteiger partial charge in [-0.05, 0) is 42.0 Å². The van der Waals surface area contributed by atoms with Gasteiger partial charge in [-0.15, -0.1) is 0 Å². The molecular formula is C18H13N3O2. The molecule has 0 aliphatic rings. The van der Waals surface area contributed by atoms with Crippen molar-refractivity contribution < 1.29 is 9.53 Å². The molecule has 2 aromatic rings. The Kier molecular flexibility index (Phi) is 5.51. The van der Waals surface area contributed by atoms with Crippen LogP contribution in [0, 0.1) is 22.7 Å². The van der Waals surface area contributed by atoms with E-state index in [0.717, 1.165) is 5.56 Å². The van der Waals surface area contributed by atoms with Gasteiger partial charge in [-0.25, -0.2) is 0 Å². The SMILES string of the molecule is N#CCOc1ccc(/C=C/C(=O)Nc2cccc(C#N)c2)cc1. The molecule has 0 bridgehead atoms. The maximum absolute atomic E-state index is 11.9.